The second-order valence-corrected chi connectivity index (χ2v) is 4.02. The van der Waals surface area contributed by atoms with Crippen molar-refractivity contribution in [2.45, 2.75) is 64.9 Å². The minimum atomic E-state index is -0.325. The number of hydrogen-bond acceptors (Lipinski definition) is 2. The van der Waals surface area contributed by atoms with E-state index in [-0.39, 0.29) is 12.2 Å². The van der Waals surface area contributed by atoms with Crippen molar-refractivity contribution in [1.82, 2.24) is 5.32 Å². The Morgan fingerprint density at radius 1 is 1.20 bits per heavy atom. The van der Waals surface area contributed by atoms with Gasteiger partial charge in [-0.25, -0.2) is 4.79 Å². The fourth-order valence-corrected chi connectivity index (χ4v) is 1.51. The Labute approximate surface area is 93.6 Å². The van der Waals surface area contributed by atoms with Crippen LogP contribution in [0.25, 0.3) is 0 Å². The molecule has 0 radical (unpaired) electrons. The average Bonchev–Trinajstić information content (AvgIpc) is 2.23. The van der Waals surface area contributed by atoms with Crippen molar-refractivity contribution in [2.24, 2.45) is 0 Å². The molecule has 0 spiro atoms. The molecule has 90 valence electrons. The third-order valence-corrected chi connectivity index (χ3v) is 2.48. The summed E-state index contributed by atoms with van der Waals surface area (Å²) in [6.07, 6.45) is 8.36. The standard InChI is InChI=1S/C12H25NO2/c1-4-5-6-7-8-9-10-11(2)15-12(14)13-3/h11H,4-10H2,1-3H3,(H,13,14). The lowest BCUT2D eigenvalue weighted by Gasteiger charge is -2.12. The number of carbonyl (C=O) groups is 1. The largest absolute Gasteiger partial charge is 0.447 e. The molecule has 0 aromatic heterocycles. The number of amides is 1. The first-order valence-electron chi connectivity index (χ1n) is 6.09. The number of ether oxygens (including phenoxy) is 1. The Morgan fingerprint density at radius 2 is 1.80 bits per heavy atom. The van der Waals surface area contributed by atoms with Crippen LogP contribution in [0, 0.1) is 0 Å². The van der Waals surface area contributed by atoms with Gasteiger partial charge in [-0.1, -0.05) is 39.0 Å². The summed E-state index contributed by atoms with van der Waals surface area (Å²) in [5.74, 6) is 0. The van der Waals surface area contributed by atoms with Gasteiger partial charge in [0.2, 0.25) is 0 Å². The van der Waals surface area contributed by atoms with E-state index in [2.05, 4.69) is 12.2 Å². The third kappa shape index (κ3) is 9.57. The zero-order valence-electron chi connectivity index (χ0n) is 10.3. The summed E-state index contributed by atoms with van der Waals surface area (Å²) >= 11 is 0. The van der Waals surface area contributed by atoms with Crippen LogP contribution in [0.15, 0.2) is 0 Å². The fraction of sp³-hybridized carbons (Fsp3) is 0.917. The summed E-state index contributed by atoms with van der Waals surface area (Å²) in [5.41, 5.74) is 0. The Hall–Kier alpha value is -0.730. The molecule has 0 bridgehead atoms. The maximum Gasteiger partial charge on any atom is 0.407 e. The zero-order chi connectivity index (χ0) is 11.5. The number of unbranched alkanes of at least 4 members (excludes halogenated alkanes) is 5. The number of hydrogen-bond donors (Lipinski definition) is 1. The molecule has 0 rings (SSSR count). The van der Waals surface area contributed by atoms with Gasteiger partial charge in [-0.2, -0.15) is 0 Å². The van der Waals surface area contributed by atoms with Crippen molar-refractivity contribution in [3.8, 4) is 0 Å². The molecule has 3 nitrogen and oxygen atoms in total. The molecule has 1 atom stereocenters. The topological polar surface area (TPSA) is 38.3 Å². The molecule has 0 fully saturated rings. The molecule has 1 unspecified atom stereocenters. The molecular formula is C12H25NO2. The van der Waals surface area contributed by atoms with Crippen molar-refractivity contribution < 1.29 is 9.53 Å². The monoisotopic (exact) mass is 215 g/mol. The van der Waals surface area contributed by atoms with Crippen LogP contribution in [0.5, 0.6) is 0 Å². The Bertz CT molecular complexity index is 160. The molecular weight excluding hydrogens is 190 g/mol. The Morgan fingerprint density at radius 3 is 2.40 bits per heavy atom. The molecule has 0 saturated carbocycles. The SMILES string of the molecule is CCCCCCCCC(C)OC(=O)NC. The normalized spacial score (nSPS) is 12.2. The summed E-state index contributed by atoms with van der Waals surface area (Å²) < 4.78 is 5.08. The summed E-state index contributed by atoms with van der Waals surface area (Å²) in [5, 5.41) is 2.45. The smallest absolute Gasteiger partial charge is 0.407 e. The van der Waals surface area contributed by atoms with Crippen LogP contribution >= 0.6 is 0 Å². The van der Waals surface area contributed by atoms with E-state index in [1.165, 1.54) is 32.1 Å². The van der Waals surface area contributed by atoms with E-state index in [4.69, 9.17) is 4.74 Å². The molecule has 15 heavy (non-hydrogen) atoms. The van der Waals surface area contributed by atoms with E-state index in [1.54, 1.807) is 7.05 Å². The second-order valence-electron chi connectivity index (χ2n) is 4.02. The maximum absolute atomic E-state index is 10.9. The fourth-order valence-electron chi connectivity index (χ4n) is 1.51. The highest BCUT2D eigenvalue weighted by Crippen LogP contribution is 2.10. The van der Waals surface area contributed by atoms with Gasteiger partial charge in [0.25, 0.3) is 0 Å². The van der Waals surface area contributed by atoms with Gasteiger partial charge in [-0.15, -0.1) is 0 Å². The highest BCUT2D eigenvalue weighted by Gasteiger charge is 2.06. The summed E-state index contributed by atoms with van der Waals surface area (Å²) in [7, 11) is 1.58. The van der Waals surface area contributed by atoms with Crippen molar-refractivity contribution in [3.05, 3.63) is 0 Å². The van der Waals surface area contributed by atoms with Crippen LogP contribution in [0.3, 0.4) is 0 Å². The van der Waals surface area contributed by atoms with Crippen LogP contribution < -0.4 is 5.32 Å². The third-order valence-electron chi connectivity index (χ3n) is 2.48. The summed E-state index contributed by atoms with van der Waals surface area (Å²) in [6.45, 7) is 4.17. The van der Waals surface area contributed by atoms with E-state index in [1.807, 2.05) is 6.92 Å². The van der Waals surface area contributed by atoms with E-state index in [9.17, 15) is 4.79 Å². The van der Waals surface area contributed by atoms with Crippen LogP contribution in [0.4, 0.5) is 4.79 Å². The molecule has 0 aromatic rings. The molecule has 0 heterocycles. The summed E-state index contributed by atoms with van der Waals surface area (Å²) in [6, 6.07) is 0. The average molecular weight is 215 g/mol. The lowest BCUT2D eigenvalue weighted by atomic mass is 10.1. The first-order chi connectivity index (χ1) is 7.20. The lowest BCUT2D eigenvalue weighted by molar-refractivity contribution is 0.102. The van der Waals surface area contributed by atoms with Crippen LogP contribution in [0.1, 0.15) is 58.8 Å². The quantitative estimate of drug-likeness (QED) is 0.629. The zero-order valence-corrected chi connectivity index (χ0v) is 10.3. The van der Waals surface area contributed by atoms with E-state index in [0.29, 0.717) is 0 Å². The number of alkyl carbamates (subject to hydrolysis) is 1. The van der Waals surface area contributed by atoms with Crippen molar-refractivity contribution in [3.63, 3.8) is 0 Å². The highest BCUT2D eigenvalue weighted by molar-refractivity contribution is 5.66. The van der Waals surface area contributed by atoms with Gasteiger partial charge in [0.1, 0.15) is 6.10 Å². The van der Waals surface area contributed by atoms with Crippen molar-refractivity contribution >= 4 is 6.09 Å². The molecule has 1 N–H and O–H groups in total. The highest BCUT2D eigenvalue weighted by atomic mass is 16.6. The lowest BCUT2D eigenvalue weighted by Crippen LogP contribution is -2.24. The summed E-state index contributed by atoms with van der Waals surface area (Å²) in [4.78, 5) is 10.9. The van der Waals surface area contributed by atoms with Crippen LogP contribution in [-0.2, 0) is 4.74 Å². The van der Waals surface area contributed by atoms with Gasteiger partial charge >= 0.3 is 6.09 Å². The van der Waals surface area contributed by atoms with E-state index >= 15 is 0 Å². The predicted molar refractivity (Wildman–Crippen MR) is 63.0 cm³/mol. The first kappa shape index (κ1) is 14.3. The Kier molecular flexibility index (Phi) is 9.33. The maximum atomic E-state index is 10.9. The molecule has 1 amide bonds. The van der Waals surface area contributed by atoms with Gasteiger partial charge < -0.3 is 10.1 Å². The molecule has 0 saturated heterocycles. The van der Waals surface area contributed by atoms with Gasteiger partial charge in [-0.05, 0) is 19.8 Å². The predicted octanol–water partition coefficient (Wildman–Crippen LogP) is 3.48. The molecule has 0 aliphatic rings. The van der Waals surface area contributed by atoms with Crippen molar-refractivity contribution in [1.29, 1.82) is 0 Å². The minimum Gasteiger partial charge on any atom is -0.447 e. The second kappa shape index (κ2) is 9.81. The molecule has 0 aromatic carbocycles. The Balaban J connectivity index is 3.23. The minimum absolute atomic E-state index is 0.0381. The molecule has 0 aliphatic carbocycles. The number of carbonyl (C=O) groups excluding carboxylic acids is 1. The van der Waals surface area contributed by atoms with Gasteiger partial charge in [0, 0.05) is 7.05 Å². The van der Waals surface area contributed by atoms with Gasteiger partial charge in [0.15, 0.2) is 0 Å². The van der Waals surface area contributed by atoms with Gasteiger partial charge in [-0.3, -0.25) is 0 Å². The van der Waals surface area contributed by atoms with Crippen LogP contribution in [0.2, 0.25) is 0 Å². The number of nitrogens with one attached hydrogen (secondary N) is 1. The number of rotatable bonds is 8. The molecule has 3 heteroatoms. The van der Waals surface area contributed by atoms with Gasteiger partial charge in [0.05, 0.1) is 0 Å². The van der Waals surface area contributed by atoms with Crippen molar-refractivity contribution in [2.75, 3.05) is 7.05 Å². The van der Waals surface area contributed by atoms with E-state index in [0.717, 1.165) is 12.8 Å². The van der Waals surface area contributed by atoms with Crippen LogP contribution in [-0.4, -0.2) is 19.2 Å². The molecule has 0 aliphatic heterocycles. The first-order valence-corrected chi connectivity index (χ1v) is 6.09. The van der Waals surface area contributed by atoms with E-state index < -0.39 is 0 Å².